The van der Waals surface area contributed by atoms with Gasteiger partial charge in [0.25, 0.3) is 5.91 Å². The summed E-state index contributed by atoms with van der Waals surface area (Å²) in [7, 11) is 0. The van der Waals surface area contributed by atoms with Crippen LogP contribution in [-0.4, -0.2) is 27.3 Å². The lowest BCUT2D eigenvalue weighted by atomic mass is 10.0. The normalized spacial score (nSPS) is 14.0. The highest BCUT2D eigenvalue weighted by Crippen LogP contribution is 2.18. The maximum atomic E-state index is 12.6. The predicted octanol–water partition coefficient (Wildman–Crippen LogP) is 3.34. The highest BCUT2D eigenvalue weighted by atomic mass is 16.2. The van der Waals surface area contributed by atoms with E-state index in [0.717, 1.165) is 36.3 Å². The summed E-state index contributed by atoms with van der Waals surface area (Å²) in [6.07, 6.45) is 7.37. The zero-order valence-corrected chi connectivity index (χ0v) is 13.1. The number of hydrogen-bond acceptors (Lipinski definition) is 2. The fourth-order valence-corrected chi connectivity index (χ4v) is 2.96. The third-order valence-electron chi connectivity index (χ3n) is 4.33. The Labute approximate surface area is 131 Å². The predicted molar refractivity (Wildman–Crippen MR) is 86.7 cm³/mol. The molecule has 2 aromatic rings. The van der Waals surface area contributed by atoms with Gasteiger partial charge in [0, 0.05) is 18.5 Å². The fourth-order valence-electron chi connectivity index (χ4n) is 2.96. The van der Waals surface area contributed by atoms with Crippen molar-refractivity contribution in [3.8, 4) is 0 Å². The standard InChI is InChI=1S/C18H23N3O/c1-2-3-4-5-14-6-8-15(9-7-14)18(22)21-11-10-16-17(12-21)20-13-19-16/h6-9,13H,2-5,10-12H2,1H3,(H,19,20). The summed E-state index contributed by atoms with van der Waals surface area (Å²) in [5, 5.41) is 0. The number of benzene rings is 1. The number of carbonyl (C=O) groups is 1. The Balaban J connectivity index is 1.63. The van der Waals surface area contributed by atoms with Gasteiger partial charge in [0.15, 0.2) is 0 Å². The Kier molecular flexibility index (Phi) is 4.56. The molecule has 1 amide bonds. The number of hydrogen-bond donors (Lipinski definition) is 1. The molecule has 1 aromatic carbocycles. The highest BCUT2D eigenvalue weighted by molar-refractivity contribution is 5.94. The Morgan fingerprint density at radius 2 is 2.09 bits per heavy atom. The second kappa shape index (κ2) is 6.77. The molecule has 0 saturated heterocycles. The zero-order valence-electron chi connectivity index (χ0n) is 13.1. The summed E-state index contributed by atoms with van der Waals surface area (Å²) in [5.74, 6) is 0.111. The van der Waals surface area contributed by atoms with Crippen LogP contribution in [0.25, 0.3) is 0 Å². The van der Waals surface area contributed by atoms with Crippen molar-refractivity contribution in [2.75, 3.05) is 6.54 Å². The molecule has 4 heteroatoms. The van der Waals surface area contributed by atoms with Crippen LogP contribution in [-0.2, 0) is 19.4 Å². The summed E-state index contributed by atoms with van der Waals surface area (Å²) in [4.78, 5) is 21.9. The van der Waals surface area contributed by atoms with Gasteiger partial charge in [-0.15, -0.1) is 0 Å². The molecule has 0 bridgehead atoms. The number of nitrogens with zero attached hydrogens (tertiary/aromatic N) is 2. The van der Waals surface area contributed by atoms with E-state index in [1.54, 1.807) is 6.33 Å². The molecule has 0 fully saturated rings. The molecule has 4 nitrogen and oxygen atoms in total. The van der Waals surface area contributed by atoms with E-state index in [1.165, 1.54) is 24.8 Å². The second-order valence-electron chi connectivity index (χ2n) is 5.96. The molecule has 22 heavy (non-hydrogen) atoms. The number of fused-ring (bicyclic) bond motifs is 1. The number of carbonyl (C=O) groups excluding carboxylic acids is 1. The van der Waals surface area contributed by atoms with Gasteiger partial charge in [-0.3, -0.25) is 4.79 Å². The maximum absolute atomic E-state index is 12.6. The monoisotopic (exact) mass is 297 g/mol. The number of rotatable bonds is 5. The van der Waals surface area contributed by atoms with Crippen molar-refractivity contribution in [2.24, 2.45) is 0 Å². The van der Waals surface area contributed by atoms with E-state index >= 15 is 0 Å². The van der Waals surface area contributed by atoms with Crippen LogP contribution in [0, 0.1) is 0 Å². The van der Waals surface area contributed by atoms with Crippen LogP contribution in [0.1, 0.15) is 53.5 Å². The average Bonchev–Trinajstić information content (AvgIpc) is 3.02. The van der Waals surface area contributed by atoms with Gasteiger partial charge in [-0.05, 0) is 30.5 Å². The smallest absolute Gasteiger partial charge is 0.254 e. The molecule has 0 radical (unpaired) electrons. The molecule has 3 rings (SSSR count). The van der Waals surface area contributed by atoms with Gasteiger partial charge < -0.3 is 9.88 Å². The SMILES string of the molecule is CCCCCc1ccc(C(=O)N2CCc3nc[nH]c3C2)cc1. The number of nitrogens with one attached hydrogen (secondary N) is 1. The Hall–Kier alpha value is -2.10. The van der Waals surface area contributed by atoms with E-state index in [9.17, 15) is 4.79 Å². The van der Waals surface area contributed by atoms with E-state index < -0.39 is 0 Å². The minimum absolute atomic E-state index is 0.111. The van der Waals surface area contributed by atoms with Gasteiger partial charge in [-0.25, -0.2) is 4.98 Å². The zero-order chi connectivity index (χ0) is 15.4. The van der Waals surface area contributed by atoms with Crippen LogP contribution in [0.3, 0.4) is 0 Å². The first-order chi connectivity index (χ1) is 10.8. The van der Waals surface area contributed by atoms with Crippen molar-refractivity contribution in [2.45, 2.75) is 45.6 Å². The van der Waals surface area contributed by atoms with E-state index in [0.29, 0.717) is 6.54 Å². The number of imidazole rings is 1. The van der Waals surface area contributed by atoms with Crippen LogP contribution in [0.15, 0.2) is 30.6 Å². The first-order valence-electron chi connectivity index (χ1n) is 8.17. The van der Waals surface area contributed by atoms with Gasteiger partial charge in [0.1, 0.15) is 0 Å². The lowest BCUT2D eigenvalue weighted by Crippen LogP contribution is -2.36. The van der Waals surface area contributed by atoms with Gasteiger partial charge in [-0.1, -0.05) is 31.9 Å². The van der Waals surface area contributed by atoms with Crippen molar-refractivity contribution in [3.05, 3.63) is 53.1 Å². The summed E-state index contributed by atoms with van der Waals surface area (Å²) in [6.45, 7) is 3.59. The Bertz CT molecular complexity index is 630. The Morgan fingerprint density at radius 1 is 1.27 bits per heavy atom. The first kappa shape index (κ1) is 14.8. The second-order valence-corrected chi connectivity index (χ2v) is 5.96. The van der Waals surface area contributed by atoms with Crippen LogP contribution in [0.2, 0.25) is 0 Å². The molecule has 0 spiro atoms. The third-order valence-corrected chi connectivity index (χ3v) is 4.33. The molecule has 0 saturated carbocycles. The van der Waals surface area contributed by atoms with Crippen molar-refractivity contribution in [1.82, 2.24) is 14.9 Å². The molecule has 116 valence electrons. The van der Waals surface area contributed by atoms with Gasteiger partial charge >= 0.3 is 0 Å². The summed E-state index contributed by atoms with van der Waals surface area (Å²) in [5.41, 5.74) is 4.26. The maximum Gasteiger partial charge on any atom is 0.254 e. The molecule has 1 aliphatic heterocycles. The molecule has 0 aliphatic carbocycles. The van der Waals surface area contributed by atoms with E-state index in [-0.39, 0.29) is 5.91 Å². The number of aromatic nitrogens is 2. The minimum atomic E-state index is 0.111. The molecular formula is C18H23N3O. The van der Waals surface area contributed by atoms with Crippen molar-refractivity contribution in [1.29, 1.82) is 0 Å². The quantitative estimate of drug-likeness (QED) is 0.860. The molecule has 0 atom stereocenters. The largest absolute Gasteiger partial charge is 0.347 e. The van der Waals surface area contributed by atoms with Crippen molar-refractivity contribution >= 4 is 5.91 Å². The van der Waals surface area contributed by atoms with Crippen LogP contribution in [0.5, 0.6) is 0 Å². The summed E-state index contributed by atoms with van der Waals surface area (Å²) >= 11 is 0. The molecule has 1 aromatic heterocycles. The Morgan fingerprint density at radius 3 is 2.86 bits per heavy atom. The van der Waals surface area contributed by atoms with Crippen LogP contribution < -0.4 is 0 Å². The number of aromatic amines is 1. The minimum Gasteiger partial charge on any atom is -0.347 e. The lowest BCUT2D eigenvalue weighted by Gasteiger charge is -2.26. The molecule has 1 N–H and O–H groups in total. The third kappa shape index (κ3) is 3.21. The topological polar surface area (TPSA) is 49.0 Å². The number of H-pyrrole nitrogens is 1. The average molecular weight is 297 g/mol. The number of amides is 1. The van der Waals surface area contributed by atoms with Crippen molar-refractivity contribution < 1.29 is 4.79 Å². The van der Waals surface area contributed by atoms with Crippen LogP contribution in [0.4, 0.5) is 0 Å². The fraction of sp³-hybridized carbons (Fsp3) is 0.444. The van der Waals surface area contributed by atoms with Gasteiger partial charge in [0.2, 0.25) is 0 Å². The molecule has 1 aliphatic rings. The van der Waals surface area contributed by atoms with E-state index in [2.05, 4.69) is 29.0 Å². The van der Waals surface area contributed by atoms with Crippen LogP contribution >= 0.6 is 0 Å². The van der Waals surface area contributed by atoms with Gasteiger partial charge in [0.05, 0.1) is 24.3 Å². The molecular weight excluding hydrogens is 274 g/mol. The van der Waals surface area contributed by atoms with E-state index in [4.69, 9.17) is 0 Å². The molecule has 2 heterocycles. The molecule has 0 unspecified atom stereocenters. The van der Waals surface area contributed by atoms with Crippen molar-refractivity contribution in [3.63, 3.8) is 0 Å². The summed E-state index contributed by atoms with van der Waals surface area (Å²) < 4.78 is 0. The number of aryl methyl sites for hydroxylation is 1. The highest BCUT2D eigenvalue weighted by Gasteiger charge is 2.23. The first-order valence-corrected chi connectivity index (χ1v) is 8.17. The van der Waals surface area contributed by atoms with Gasteiger partial charge in [-0.2, -0.15) is 0 Å². The van der Waals surface area contributed by atoms with E-state index in [1.807, 2.05) is 17.0 Å². The number of unbranched alkanes of at least 4 members (excludes halogenated alkanes) is 2. The lowest BCUT2D eigenvalue weighted by molar-refractivity contribution is 0.0732. The summed E-state index contributed by atoms with van der Waals surface area (Å²) in [6, 6.07) is 8.11.